The first-order valence-electron chi connectivity index (χ1n) is 14.9. The van der Waals surface area contributed by atoms with E-state index in [0.29, 0.717) is 12.8 Å². The first-order valence-corrected chi connectivity index (χ1v) is 14.9. The Morgan fingerprint density at radius 2 is 1.42 bits per heavy atom. The van der Waals surface area contributed by atoms with Gasteiger partial charge < -0.3 is 10.2 Å². The molecular formula is C35H35F3N4O. The summed E-state index contributed by atoms with van der Waals surface area (Å²) in [6, 6.07) is 29.7. The summed E-state index contributed by atoms with van der Waals surface area (Å²) in [5.74, 6) is 0.396. The zero-order valence-electron chi connectivity index (χ0n) is 24.0. The number of pyridine rings is 1. The quantitative estimate of drug-likeness (QED) is 0.223. The number of alkyl halides is 3. The number of hydrogen-bond donors (Lipinski definition) is 1. The highest BCUT2D eigenvalue weighted by Gasteiger charge is 2.49. The molecule has 0 atom stereocenters. The van der Waals surface area contributed by atoms with Gasteiger partial charge in [0.25, 0.3) is 0 Å². The van der Waals surface area contributed by atoms with Crippen molar-refractivity contribution in [1.29, 1.82) is 0 Å². The monoisotopic (exact) mass is 584 g/mol. The van der Waals surface area contributed by atoms with Gasteiger partial charge >= 0.3 is 6.18 Å². The van der Waals surface area contributed by atoms with Crippen molar-refractivity contribution in [1.82, 2.24) is 15.2 Å². The fraction of sp³-hybridized carbons (Fsp3) is 0.314. The fourth-order valence-corrected chi connectivity index (χ4v) is 6.61. The second kappa shape index (κ2) is 12.2. The third kappa shape index (κ3) is 6.02. The van der Waals surface area contributed by atoms with E-state index in [1.807, 2.05) is 79.0 Å². The highest BCUT2D eigenvalue weighted by molar-refractivity contribution is 6.00. The number of rotatable bonds is 9. The third-order valence-electron chi connectivity index (χ3n) is 8.73. The molecule has 1 fully saturated rings. The molecule has 4 aromatic rings. The van der Waals surface area contributed by atoms with Crippen LogP contribution in [0.3, 0.4) is 0 Å². The maximum absolute atomic E-state index is 13.7. The summed E-state index contributed by atoms with van der Waals surface area (Å²) >= 11 is 0. The molecule has 222 valence electrons. The maximum atomic E-state index is 13.7. The van der Waals surface area contributed by atoms with Crippen molar-refractivity contribution in [3.8, 4) is 22.3 Å². The molecule has 0 saturated carbocycles. The van der Waals surface area contributed by atoms with Gasteiger partial charge in [0.2, 0.25) is 5.91 Å². The SMILES string of the molecule is O=C(NCC(F)(F)F)C1(CCCCN2CCN(c3cc(-c4ccccc4)ccn3)CC2)c2ccccc2-c2ccccc21. The van der Waals surface area contributed by atoms with Crippen LogP contribution in [0.25, 0.3) is 22.3 Å². The summed E-state index contributed by atoms with van der Waals surface area (Å²) in [6.45, 7) is 3.08. The molecule has 1 aromatic heterocycles. The lowest BCUT2D eigenvalue weighted by atomic mass is 9.73. The second-order valence-corrected chi connectivity index (χ2v) is 11.3. The minimum absolute atomic E-state index is 0.445. The largest absolute Gasteiger partial charge is 0.405 e. The zero-order valence-corrected chi connectivity index (χ0v) is 24.0. The molecule has 5 nitrogen and oxygen atoms in total. The summed E-state index contributed by atoms with van der Waals surface area (Å²) in [5, 5.41) is 2.23. The Balaban J connectivity index is 1.10. The number of benzene rings is 3. The van der Waals surface area contributed by atoms with Crippen LogP contribution in [0.4, 0.5) is 19.0 Å². The summed E-state index contributed by atoms with van der Waals surface area (Å²) < 4.78 is 39.4. The number of nitrogens with zero attached hydrogens (tertiary/aromatic N) is 3. The van der Waals surface area contributed by atoms with E-state index >= 15 is 0 Å². The number of hydrogen-bond acceptors (Lipinski definition) is 4. The molecule has 0 spiro atoms. The third-order valence-corrected chi connectivity index (χ3v) is 8.73. The predicted molar refractivity (Wildman–Crippen MR) is 164 cm³/mol. The molecule has 2 aliphatic rings. The Hall–Kier alpha value is -4.17. The van der Waals surface area contributed by atoms with Crippen LogP contribution in [-0.4, -0.2) is 61.2 Å². The molecule has 1 amide bonds. The molecule has 1 saturated heterocycles. The van der Waals surface area contributed by atoms with Gasteiger partial charge in [-0.25, -0.2) is 4.98 Å². The van der Waals surface area contributed by atoms with Gasteiger partial charge in [0.05, 0.1) is 0 Å². The lowest BCUT2D eigenvalue weighted by Gasteiger charge is -2.36. The lowest BCUT2D eigenvalue weighted by molar-refractivity contribution is -0.141. The van der Waals surface area contributed by atoms with E-state index in [1.165, 1.54) is 5.56 Å². The first-order chi connectivity index (χ1) is 20.8. The number of piperazine rings is 1. The van der Waals surface area contributed by atoms with Gasteiger partial charge in [0.15, 0.2) is 0 Å². The number of nitrogens with one attached hydrogen (secondary N) is 1. The van der Waals surface area contributed by atoms with Crippen LogP contribution >= 0.6 is 0 Å². The molecule has 6 rings (SSSR count). The van der Waals surface area contributed by atoms with Crippen molar-refractivity contribution in [2.45, 2.75) is 30.9 Å². The first kappa shape index (κ1) is 28.9. The molecule has 0 bridgehead atoms. The van der Waals surface area contributed by atoms with Crippen LogP contribution in [-0.2, 0) is 10.2 Å². The van der Waals surface area contributed by atoms with E-state index in [4.69, 9.17) is 0 Å². The number of anilines is 1. The average molecular weight is 585 g/mol. The zero-order chi connectivity index (χ0) is 29.9. The molecule has 0 unspecified atom stereocenters. The van der Waals surface area contributed by atoms with Crippen molar-refractivity contribution < 1.29 is 18.0 Å². The van der Waals surface area contributed by atoms with Gasteiger partial charge in [-0.3, -0.25) is 9.69 Å². The molecule has 1 N–H and O–H groups in total. The molecule has 0 radical (unpaired) electrons. The second-order valence-electron chi connectivity index (χ2n) is 11.3. The molecular weight excluding hydrogens is 549 g/mol. The Morgan fingerprint density at radius 1 is 0.791 bits per heavy atom. The van der Waals surface area contributed by atoms with E-state index in [1.54, 1.807) is 0 Å². The summed E-state index contributed by atoms with van der Waals surface area (Å²) in [5.41, 5.74) is 4.58. The molecule has 1 aliphatic heterocycles. The number of amides is 1. The minimum atomic E-state index is -4.48. The fourth-order valence-electron chi connectivity index (χ4n) is 6.61. The van der Waals surface area contributed by atoms with Crippen LogP contribution in [0.15, 0.2) is 97.2 Å². The van der Waals surface area contributed by atoms with Crippen LogP contribution in [0.1, 0.15) is 30.4 Å². The number of carbonyl (C=O) groups is 1. The Bertz CT molecular complexity index is 1520. The van der Waals surface area contributed by atoms with Crippen LogP contribution in [0, 0.1) is 0 Å². The highest BCUT2D eigenvalue weighted by atomic mass is 19.4. The van der Waals surface area contributed by atoms with E-state index in [9.17, 15) is 18.0 Å². The number of aromatic nitrogens is 1. The lowest BCUT2D eigenvalue weighted by Crippen LogP contribution is -2.48. The Labute approximate surface area is 250 Å². The maximum Gasteiger partial charge on any atom is 0.405 e. The van der Waals surface area contributed by atoms with Gasteiger partial charge in [-0.05, 0) is 64.9 Å². The normalized spacial score (nSPS) is 16.0. The van der Waals surface area contributed by atoms with Crippen LogP contribution in [0.2, 0.25) is 0 Å². The van der Waals surface area contributed by atoms with Crippen molar-refractivity contribution in [2.75, 3.05) is 44.2 Å². The van der Waals surface area contributed by atoms with Gasteiger partial charge in [-0.1, -0.05) is 85.3 Å². The molecule has 43 heavy (non-hydrogen) atoms. The van der Waals surface area contributed by atoms with E-state index in [0.717, 1.165) is 72.8 Å². The standard InChI is InChI=1S/C35H35F3N4O/c36-35(37,38)25-40-33(43)34(30-14-6-4-12-28(30)29-13-5-7-15-31(29)34)17-8-9-19-41-20-22-42(23-21-41)32-24-27(16-18-39-32)26-10-2-1-3-11-26/h1-7,10-16,18,24H,8-9,17,19-23,25H2,(H,40,43). The molecule has 1 aliphatic carbocycles. The van der Waals surface area contributed by atoms with Crippen LogP contribution in [0.5, 0.6) is 0 Å². The Kier molecular flexibility index (Phi) is 8.21. The number of halogens is 3. The van der Waals surface area contributed by atoms with E-state index in [-0.39, 0.29) is 0 Å². The highest BCUT2D eigenvalue weighted by Crippen LogP contribution is 2.51. The molecule has 3 aromatic carbocycles. The molecule has 8 heteroatoms. The van der Waals surface area contributed by atoms with Gasteiger partial charge in [0.1, 0.15) is 17.8 Å². The van der Waals surface area contributed by atoms with Gasteiger partial charge in [-0.2, -0.15) is 13.2 Å². The number of fused-ring (bicyclic) bond motifs is 3. The summed E-state index contributed by atoms with van der Waals surface area (Å²) in [6.07, 6.45) is -0.608. The molecule has 2 heterocycles. The average Bonchev–Trinajstić information content (AvgIpc) is 3.33. The minimum Gasteiger partial charge on any atom is -0.354 e. The summed E-state index contributed by atoms with van der Waals surface area (Å²) in [4.78, 5) is 23.0. The topological polar surface area (TPSA) is 48.5 Å². The van der Waals surface area contributed by atoms with Crippen molar-refractivity contribution in [3.63, 3.8) is 0 Å². The number of carbonyl (C=O) groups excluding carboxylic acids is 1. The Morgan fingerprint density at radius 3 is 2.07 bits per heavy atom. The van der Waals surface area contributed by atoms with Crippen molar-refractivity contribution in [2.24, 2.45) is 0 Å². The van der Waals surface area contributed by atoms with Gasteiger partial charge in [0, 0.05) is 32.4 Å². The van der Waals surface area contributed by atoms with E-state index < -0.39 is 24.0 Å². The predicted octanol–water partition coefficient (Wildman–Crippen LogP) is 6.69. The summed E-state index contributed by atoms with van der Waals surface area (Å²) in [7, 11) is 0. The number of unbranched alkanes of at least 4 members (excludes halogenated alkanes) is 1. The van der Waals surface area contributed by atoms with Crippen LogP contribution < -0.4 is 10.2 Å². The van der Waals surface area contributed by atoms with E-state index in [2.05, 4.69) is 38.3 Å². The van der Waals surface area contributed by atoms with Gasteiger partial charge in [-0.15, -0.1) is 0 Å². The smallest absolute Gasteiger partial charge is 0.354 e. The van der Waals surface area contributed by atoms with Crippen molar-refractivity contribution in [3.05, 3.63) is 108 Å². The van der Waals surface area contributed by atoms with Crippen molar-refractivity contribution >= 4 is 11.7 Å².